The third kappa shape index (κ3) is 4.05. The number of carbonyl (C=O) groups is 1. The van der Waals surface area contributed by atoms with Gasteiger partial charge in [0.2, 0.25) is 10.0 Å². The minimum Gasteiger partial charge on any atom is -0.399 e. The lowest BCUT2D eigenvalue weighted by atomic mass is 9.79. The maximum atomic E-state index is 13.2. The molecule has 0 bridgehead atoms. The minimum atomic E-state index is -3.88. The van der Waals surface area contributed by atoms with Crippen LogP contribution in [-0.4, -0.2) is 50.8 Å². The smallest absolute Gasteiger partial charge is 0.399 e. The first kappa shape index (κ1) is 23.2. The molecule has 9 nitrogen and oxygen atoms in total. The number of anilines is 2. The van der Waals surface area contributed by atoms with Gasteiger partial charge in [-0.25, -0.2) is 23.3 Å². The van der Waals surface area contributed by atoms with Crippen molar-refractivity contribution in [3.8, 4) is 0 Å². The van der Waals surface area contributed by atoms with Crippen LogP contribution >= 0.6 is 11.3 Å². The molecule has 172 valence electrons. The van der Waals surface area contributed by atoms with E-state index in [1.165, 1.54) is 4.90 Å². The Morgan fingerprint density at radius 2 is 1.62 bits per heavy atom. The fraction of sp³-hybridized carbons (Fsp3) is 0.500. The van der Waals surface area contributed by atoms with Crippen LogP contribution in [-0.2, 0) is 19.3 Å². The molecule has 0 spiro atoms. The van der Waals surface area contributed by atoms with Gasteiger partial charge in [-0.2, -0.15) is 0 Å². The first-order valence-corrected chi connectivity index (χ1v) is 12.7. The molecule has 2 N–H and O–H groups in total. The summed E-state index contributed by atoms with van der Waals surface area (Å²) in [4.78, 5) is 20.6. The number of primary sulfonamides is 1. The Kier molecular flexibility index (Phi) is 5.65. The second-order valence-corrected chi connectivity index (χ2v) is 11.8. The first-order chi connectivity index (χ1) is 14.8. The van der Waals surface area contributed by atoms with E-state index in [0.717, 1.165) is 22.5 Å². The lowest BCUT2D eigenvalue weighted by molar-refractivity contribution is 0.00578. The van der Waals surface area contributed by atoms with E-state index in [4.69, 9.17) is 14.4 Å². The molecule has 0 unspecified atom stereocenters. The number of aryl methyl sites for hydroxylation is 1. The zero-order valence-corrected chi connectivity index (χ0v) is 20.4. The molecule has 2 aliphatic rings. The highest BCUT2D eigenvalue weighted by Gasteiger charge is 2.51. The van der Waals surface area contributed by atoms with Crippen molar-refractivity contribution in [1.82, 2.24) is 4.98 Å². The molecule has 0 radical (unpaired) electrons. The molecule has 1 aromatic carbocycles. The molecule has 2 amide bonds. The van der Waals surface area contributed by atoms with Gasteiger partial charge in [0, 0.05) is 18.8 Å². The van der Waals surface area contributed by atoms with Crippen molar-refractivity contribution in [2.24, 2.45) is 5.14 Å². The predicted octanol–water partition coefficient (Wildman–Crippen LogP) is 2.23. The van der Waals surface area contributed by atoms with E-state index in [1.807, 2.05) is 52.0 Å². The number of sulfonamides is 1. The summed E-state index contributed by atoms with van der Waals surface area (Å²) in [5.41, 5.74) is 1.05. The van der Waals surface area contributed by atoms with Gasteiger partial charge >= 0.3 is 13.1 Å². The van der Waals surface area contributed by atoms with Crippen molar-refractivity contribution in [3.63, 3.8) is 0 Å². The number of amides is 2. The van der Waals surface area contributed by atoms with E-state index in [0.29, 0.717) is 30.3 Å². The molecule has 0 atom stereocenters. The van der Waals surface area contributed by atoms with Crippen LogP contribution in [0.4, 0.5) is 15.6 Å². The molecule has 4 rings (SSSR count). The van der Waals surface area contributed by atoms with Gasteiger partial charge < -0.3 is 9.31 Å². The van der Waals surface area contributed by atoms with E-state index < -0.39 is 28.3 Å². The molecule has 2 aromatic rings. The van der Waals surface area contributed by atoms with Gasteiger partial charge in [0.05, 0.1) is 16.9 Å². The summed E-state index contributed by atoms with van der Waals surface area (Å²) in [5.74, 6) is 0. The summed E-state index contributed by atoms with van der Waals surface area (Å²) < 4.78 is 35.7. The Bertz CT molecular complexity index is 1130. The zero-order valence-electron chi connectivity index (χ0n) is 18.8. The summed E-state index contributed by atoms with van der Waals surface area (Å²) in [6.07, 6.45) is 0.716. The van der Waals surface area contributed by atoms with E-state index in [9.17, 15) is 13.2 Å². The van der Waals surface area contributed by atoms with Crippen molar-refractivity contribution in [3.05, 3.63) is 30.0 Å². The van der Waals surface area contributed by atoms with E-state index >= 15 is 0 Å². The molecule has 12 heteroatoms. The summed E-state index contributed by atoms with van der Waals surface area (Å²) in [6.45, 7) is 10.6. The van der Waals surface area contributed by atoms with Crippen LogP contribution in [0.15, 0.2) is 28.5 Å². The highest BCUT2D eigenvalue weighted by Crippen LogP contribution is 2.37. The molecule has 2 fully saturated rings. The molecular weight excluding hydrogens is 451 g/mol. The number of nitrogens with zero attached hydrogens (tertiary/aromatic N) is 3. The SMILES string of the molecule is Cc1nc(N2CCCN(c3ccc(B4OC(C)(C)C(C)(C)O4)cc3)C2=O)sc1S(N)(=O)=O. The number of thiazole rings is 1. The molecule has 1 aromatic heterocycles. The number of hydrogen-bond donors (Lipinski definition) is 1. The van der Waals surface area contributed by atoms with Gasteiger partial charge in [0.15, 0.2) is 9.34 Å². The monoisotopic (exact) mass is 478 g/mol. The van der Waals surface area contributed by atoms with Gasteiger partial charge in [0.1, 0.15) is 0 Å². The number of carbonyl (C=O) groups excluding carboxylic acids is 1. The largest absolute Gasteiger partial charge is 0.494 e. The highest BCUT2D eigenvalue weighted by molar-refractivity contribution is 7.91. The van der Waals surface area contributed by atoms with Gasteiger partial charge in [0.25, 0.3) is 0 Å². The van der Waals surface area contributed by atoms with Crippen molar-refractivity contribution < 1.29 is 22.5 Å². The van der Waals surface area contributed by atoms with Crippen LogP contribution in [0.1, 0.15) is 39.8 Å². The first-order valence-electron chi connectivity index (χ1n) is 10.3. The Labute approximate surface area is 192 Å². The number of nitrogens with two attached hydrogens (primary N) is 1. The molecule has 3 heterocycles. The molecule has 2 aliphatic heterocycles. The van der Waals surface area contributed by atoms with Crippen LogP contribution in [0.2, 0.25) is 0 Å². The van der Waals surface area contributed by atoms with Gasteiger partial charge in [-0.15, -0.1) is 0 Å². The third-order valence-electron chi connectivity index (χ3n) is 6.19. The average Bonchev–Trinajstić information content (AvgIpc) is 3.18. The van der Waals surface area contributed by atoms with E-state index in [2.05, 4.69) is 4.98 Å². The Morgan fingerprint density at radius 1 is 1.06 bits per heavy atom. The van der Waals surface area contributed by atoms with Crippen molar-refractivity contribution >= 4 is 50.8 Å². The second-order valence-electron chi connectivity index (χ2n) is 9.03. The second kappa shape index (κ2) is 7.81. The lowest BCUT2D eigenvalue weighted by Gasteiger charge is -2.34. The highest BCUT2D eigenvalue weighted by atomic mass is 32.2. The summed E-state index contributed by atoms with van der Waals surface area (Å²) in [7, 11) is -4.36. The van der Waals surface area contributed by atoms with Gasteiger partial charge in [-0.05, 0) is 58.6 Å². The Hall–Kier alpha value is -1.99. The number of urea groups is 1. The van der Waals surface area contributed by atoms with Crippen LogP contribution in [0, 0.1) is 6.92 Å². The quantitative estimate of drug-likeness (QED) is 0.674. The summed E-state index contributed by atoms with van der Waals surface area (Å²) in [6, 6.07) is 7.27. The van der Waals surface area contributed by atoms with Gasteiger partial charge in [-0.1, -0.05) is 23.5 Å². The summed E-state index contributed by atoms with van der Waals surface area (Å²) >= 11 is 0.914. The van der Waals surface area contributed by atoms with Crippen LogP contribution in [0.3, 0.4) is 0 Å². The fourth-order valence-corrected chi connectivity index (χ4v) is 5.65. The van der Waals surface area contributed by atoms with Gasteiger partial charge in [-0.3, -0.25) is 9.80 Å². The summed E-state index contributed by atoms with van der Waals surface area (Å²) in [5, 5.41) is 5.59. The van der Waals surface area contributed by atoms with Crippen molar-refractivity contribution in [2.75, 3.05) is 22.9 Å². The van der Waals surface area contributed by atoms with Crippen LogP contribution in [0.5, 0.6) is 0 Å². The molecular formula is C20H27BN4O5S2. The van der Waals surface area contributed by atoms with Crippen molar-refractivity contribution in [2.45, 2.75) is 56.5 Å². The van der Waals surface area contributed by atoms with Crippen LogP contribution < -0.4 is 20.4 Å². The zero-order chi connectivity index (χ0) is 23.5. The standard InChI is InChI=1S/C20H27BN4O5S2/c1-13-16(32(22,27)28)31-17(23-13)25-12-6-11-24(18(25)26)15-9-7-14(8-10-15)21-29-19(2,3)20(4,5)30-21/h7-10H,6,11-12H2,1-5H3,(H2,22,27,28). The van der Waals surface area contributed by atoms with E-state index in [1.54, 1.807) is 11.8 Å². The van der Waals surface area contributed by atoms with Crippen LogP contribution in [0.25, 0.3) is 0 Å². The van der Waals surface area contributed by atoms with Crippen molar-refractivity contribution in [1.29, 1.82) is 0 Å². The normalized spacial score (nSPS) is 20.8. The maximum Gasteiger partial charge on any atom is 0.494 e. The number of aromatic nitrogens is 1. The fourth-order valence-electron chi connectivity index (χ4n) is 3.68. The average molecular weight is 478 g/mol. The molecule has 0 aliphatic carbocycles. The Morgan fingerprint density at radius 3 is 2.16 bits per heavy atom. The number of hydrogen-bond acceptors (Lipinski definition) is 7. The molecule has 2 saturated heterocycles. The third-order valence-corrected chi connectivity index (χ3v) is 8.92. The number of rotatable bonds is 4. The molecule has 0 saturated carbocycles. The molecule has 32 heavy (non-hydrogen) atoms. The maximum absolute atomic E-state index is 13.2. The minimum absolute atomic E-state index is 0.0239. The lowest BCUT2D eigenvalue weighted by Crippen LogP contribution is -2.49. The number of benzene rings is 1. The van der Waals surface area contributed by atoms with E-state index in [-0.39, 0.29) is 10.2 Å². The Balaban J connectivity index is 1.54. The predicted molar refractivity (Wildman–Crippen MR) is 125 cm³/mol. The topological polar surface area (TPSA) is 115 Å².